The summed E-state index contributed by atoms with van der Waals surface area (Å²) >= 11 is 31.7. The lowest BCUT2D eigenvalue weighted by molar-refractivity contribution is -0.121. The van der Waals surface area contributed by atoms with E-state index < -0.39 is 27.5 Å². The van der Waals surface area contributed by atoms with E-state index in [1.165, 1.54) is 25.2 Å². The van der Waals surface area contributed by atoms with E-state index in [2.05, 4.69) is 10.6 Å². The summed E-state index contributed by atoms with van der Waals surface area (Å²) in [6.45, 7) is 0.0958. The Kier molecular flexibility index (Phi) is 7.23. The first-order valence-electron chi connectivity index (χ1n) is 9.39. The summed E-state index contributed by atoms with van der Waals surface area (Å²) in [6, 6.07) is 9.16. The first-order valence-corrected chi connectivity index (χ1v) is 11.3. The van der Waals surface area contributed by atoms with Gasteiger partial charge in [0.15, 0.2) is 0 Å². The van der Waals surface area contributed by atoms with Gasteiger partial charge in [0.25, 0.3) is 5.91 Å². The molecule has 0 aromatic heterocycles. The summed E-state index contributed by atoms with van der Waals surface area (Å²) in [5.74, 6) is -2.31. The zero-order valence-corrected chi connectivity index (χ0v) is 20.4. The zero-order chi connectivity index (χ0) is 23.8. The molecule has 2 aromatic carbocycles. The molecule has 6 nitrogen and oxygen atoms in total. The SMILES string of the molecule is CNC(=O)CCNC(=O)c1cc(C2(C(N)=O)C(c3cc(Cl)cc(Cl)c3)C2(Cl)Cl)ccc1Cl. The molecule has 4 N–H and O–H groups in total. The summed E-state index contributed by atoms with van der Waals surface area (Å²) in [5.41, 5.74) is 5.16. The average molecular weight is 538 g/mol. The van der Waals surface area contributed by atoms with Crippen molar-refractivity contribution in [2.45, 2.75) is 22.1 Å². The van der Waals surface area contributed by atoms with E-state index in [1.807, 2.05) is 0 Å². The standard InChI is InChI=1S/C21H18Cl5N3O3/c1-28-16(30)4-5-29-18(31)14-8-11(2-3-15(14)24)20(19(27)32)17(21(20,25)26)10-6-12(22)9-13(23)7-10/h2-3,6-9,17H,4-5H2,1H3,(H2,27,32)(H,28,30)(H,29,31). The summed E-state index contributed by atoms with van der Waals surface area (Å²) in [7, 11) is 1.50. The average Bonchev–Trinajstić information content (AvgIpc) is 3.24. The molecule has 2 aromatic rings. The number of carbonyl (C=O) groups is 3. The number of nitrogens with two attached hydrogens (primary N) is 1. The molecule has 2 atom stereocenters. The number of hydrogen-bond donors (Lipinski definition) is 3. The molecule has 3 amide bonds. The highest BCUT2D eigenvalue weighted by Crippen LogP contribution is 2.74. The maximum absolute atomic E-state index is 12.7. The van der Waals surface area contributed by atoms with Gasteiger partial charge in [-0.05, 0) is 41.5 Å². The third kappa shape index (κ3) is 4.27. The van der Waals surface area contributed by atoms with E-state index in [0.717, 1.165) is 0 Å². The zero-order valence-electron chi connectivity index (χ0n) is 16.6. The molecule has 3 rings (SSSR count). The van der Waals surface area contributed by atoms with Gasteiger partial charge in [0.2, 0.25) is 11.8 Å². The van der Waals surface area contributed by atoms with Crippen molar-refractivity contribution in [1.29, 1.82) is 0 Å². The minimum absolute atomic E-state index is 0.0839. The third-order valence-electron chi connectivity index (χ3n) is 5.43. The number of amides is 3. The van der Waals surface area contributed by atoms with Gasteiger partial charge < -0.3 is 16.4 Å². The van der Waals surface area contributed by atoms with Crippen LogP contribution in [-0.4, -0.2) is 35.6 Å². The topological polar surface area (TPSA) is 101 Å². The van der Waals surface area contributed by atoms with Crippen LogP contribution in [-0.2, 0) is 15.0 Å². The lowest BCUT2D eigenvalue weighted by Gasteiger charge is -2.17. The maximum atomic E-state index is 12.7. The first kappa shape index (κ1) is 24.9. The van der Waals surface area contributed by atoms with Crippen LogP contribution < -0.4 is 16.4 Å². The van der Waals surface area contributed by atoms with Crippen molar-refractivity contribution in [2.75, 3.05) is 13.6 Å². The number of halogens is 5. The van der Waals surface area contributed by atoms with Crippen LogP contribution >= 0.6 is 58.0 Å². The maximum Gasteiger partial charge on any atom is 0.252 e. The van der Waals surface area contributed by atoms with Gasteiger partial charge in [-0.2, -0.15) is 0 Å². The monoisotopic (exact) mass is 535 g/mol. The minimum atomic E-state index is -1.62. The summed E-state index contributed by atoms with van der Waals surface area (Å²) in [4.78, 5) is 36.7. The highest BCUT2D eigenvalue weighted by atomic mass is 35.5. The number of benzene rings is 2. The van der Waals surface area contributed by atoms with Crippen LogP contribution in [0.1, 0.15) is 33.8 Å². The van der Waals surface area contributed by atoms with Crippen LogP contribution in [0.5, 0.6) is 0 Å². The molecule has 1 saturated carbocycles. The molecule has 1 aliphatic carbocycles. The molecule has 0 bridgehead atoms. The van der Waals surface area contributed by atoms with E-state index in [0.29, 0.717) is 21.2 Å². The minimum Gasteiger partial charge on any atom is -0.369 e. The largest absolute Gasteiger partial charge is 0.369 e. The second-order valence-corrected chi connectivity index (χ2v) is 9.97. The fourth-order valence-corrected chi connectivity index (χ4v) is 5.71. The molecule has 32 heavy (non-hydrogen) atoms. The molecule has 0 heterocycles. The van der Waals surface area contributed by atoms with Gasteiger partial charge in [0, 0.05) is 36.0 Å². The number of alkyl halides is 2. The summed E-state index contributed by atoms with van der Waals surface area (Å²) in [5, 5.41) is 5.90. The quantitative estimate of drug-likeness (QED) is 0.461. The second kappa shape index (κ2) is 9.27. The Bertz CT molecular complexity index is 1090. The smallest absolute Gasteiger partial charge is 0.252 e. The number of carbonyl (C=O) groups excluding carboxylic acids is 3. The molecule has 2 unspecified atom stereocenters. The predicted octanol–water partition coefficient (Wildman–Crippen LogP) is 4.21. The molecular formula is C21H18Cl5N3O3. The van der Waals surface area contributed by atoms with Crippen LogP contribution in [0.2, 0.25) is 15.1 Å². The lowest BCUT2D eigenvalue weighted by Crippen LogP contribution is -2.34. The van der Waals surface area contributed by atoms with Gasteiger partial charge in [-0.15, -0.1) is 0 Å². The van der Waals surface area contributed by atoms with E-state index in [1.54, 1.807) is 18.2 Å². The number of nitrogens with one attached hydrogen (secondary N) is 2. The van der Waals surface area contributed by atoms with E-state index in [-0.39, 0.29) is 29.5 Å². The van der Waals surface area contributed by atoms with Crippen LogP contribution in [0.4, 0.5) is 0 Å². The van der Waals surface area contributed by atoms with Crippen LogP contribution in [0.3, 0.4) is 0 Å². The van der Waals surface area contributed by atoms with Crippen molar-refractivity contribution in [3.05, 3.63) is 68.2 Å². The van der Waals surface area contributed by atoms with Crippen molar-refractivity contribution in [3.63, 3.8) is 0 Å². The Morgan fingerprint density at radius 2 is 1.66 bits per heavy atom. The van der Waals surface area contributed by atoms with Gasteiger partial charge in [0.05, 0.1) is 10.6 Å². The van der Waals surface area contributed by atoms with Crippen molar-refractivity contribution in [3.8, 4) is 0 Å². The third-order valence-corrected chi connectivity index (χ3v) is 7.23. The lowest BCUT2D eigenvalue weighted by atomic mass is 9.88. The van der Waals surface area contributed by atoms with Crippen molar-refractivity contribution in [2.24, 2.45) is 5.73 Å². The van der Waals surface area contributed by atoms with E-state index in [4.69, 9.17) is 63.7 Å². The Labute approximate surface area is 209 Å². The van der Waals surface area contributed by atoms with Gasteiger partial charge in [-0.25, -0.2) is 0 Å². The van der Waals surface area contributed by atoms with E-state index in [9.17, 15) is 14.4 Å². The molecule has 170 valence electrons. The number of rotatable bonds is 7. The second-order valence-electron chi connectivity index (χ2n) is 7.30. The van der Waals surface area contributed by atoms with Gasteiger partial charge in [-0.1, -0.05) is 64.1 Å². The Morgan fingerprint density at radius 3 is 2.22 bits per heavy atom. The van der Waals surface area contributed by atoms with Crippen LogP contribution in [0.15, 0.2) is 36.4 Å². The fraction of sp³-hybridized carbons (Fsp3) is 0.286. The molecule has 1 aliphatic rings. The molecule has 0 aliphatic heterocycles. The van der Waals surface area contributed by atoms with E-state index >= 15 is 0 Å². The van der Waals surface area contributed by atoms with Crippen molar-refractivity contribution in [1.82, 2.24) is 10.6 Å². The fourth-order valence-electron chi connectivity index (χ4n) is 3.87. The van der Waals surface area contributed by atoms with Crippen LogP contribution in [0.25, 0.3) is 0 Å². The predicted molar refractivity (Wildman–Crippen MR) is 127 cm³/mol. The summed E-state index contributed by atoms with van der Waals surface area (Å²) in [6.07, 6.45) is 0.0921. The van der Waals surface area contributed by atoms with Crippen LogP contribution in [0, 0.1) is 0 Å². The molecule has 0 saturated heterocycles. The Balaban J connectivity index is 2.01. The highest BCUT2D eigenvalue weighted by Gasteiger charge is 2.80. The van der Waals surface area contributed by atoms with Crippen molar-refractivity contribution < 1.29 is 14.4 Å². The number of primary amides is 1. The Hall–Kier alpha value is -1.70. The van der Waals surface area contributed by atoms with Gasteiger partial charge >= 0.3 is 0 Å². The van der Waals surface area contributed by atoms with Gasteiger partial charge in [-0.3, -0.25) is 14.4 Å². The molecule has 0 spiro atoms. The normalized spacial score (nSPS) is 21.0. The first-order chi connectivity index (χ1) is 15.0. The molecular weight excluding hydrogens is 520 g/mol. The van der Waals surface area contributed by atoms with Crippen molar-refractivity contribution >= 4 is 75.7 Å². The highest BCUT2D eigenvalue weighted by molar-refractivity contribution is 6.55. The number of hydrogen-bond acceptors (Lipinski definition) is 3. The van der Waals surface area contributed by atoms with Gasteiger partial charge in [0.1, 0.15) is 9.75 Å². The molecule has 0 radical (unpaired) electrons. The molecule has 1 fully saturated rings. The summed E-state index contributed by atoms with van der Waals surface area (Å²) < 4.78 is -1.62. The molecule has 11 heteroatoms. The Morgan fingerprint density at radius 1 is 1.03 bits per heavy atom.